The van der Waals surface area contributed by atoms with Crippen LogP contribution in [0.3, 0.4) is 0 Å². The summed E-state index contributed by atoms with van der Waals surface area (Å²) in [6.07, 6.45) is 1.85. The van der Waals surface area contributed by atoms with E-state index in [0.717, 1.165) is 67.1 Å². The summed E-state index contributed by atoms with van der Waals surface area (Å²) in [6.45, 7) is 22.1. The molecule has 0 N–H and O–H groups in total. The van der Waals surface area contributed by atoms with E-state index in [-0.39, 0.29) is 43.1 Å². The number of nitriles is 1. The number of nitrogens with zero attached hydrogens (tertiary/aromatic N) is 5. The Morgan fingerprint density at radius 3 is 2.06 bits per heavy atom. The molecule has 0 saturated heterocycles. The van der Waals surface area contributed by atoms with Gasteiger partial charge in [0, 0.05) is 66.9 Å². The third-order valence-electron chi connectivity index (χ3n) is 11.7. The van der Waals surface area contributed by atoms with Crippen LogP contribution in [0.2, 0.25) is 0 Å². The van der Waals surface area contributed by atoms with Gasteiger partial charge in [-0.05, 0) is 105 Å². The molecule has 320 valence electrons. The zero-order valence-corrected chi connectivity index (χ0v) is 39.3. The van der Waals surface area contributed by atoms with Crippen molar-refractivity contribution >= 4 is 44.6 Å². The molecular weight excluding hydrogens is 961 g/mol. The number of benzene rings is 6. The first-order chi connectivity index (χ1) is 29.5. The fourth-order valence-corrected chi connectivity index (χ4v) is 8.16. The van der Waals surface area contributed by atoms with Gasteiger partial charge in [-0.2, -0.15) is 17.4 Å². The molecule has 0 radical (unpaired) electrons. The number of fused-ring (bicyclic) bond motifs is 4. The maximum Gasteiger partial charge on any atom is 0.135 e. The molecule has 6 nitrogen and oxygen atoms in total. The van der Waals surface area contributed by atoms with Gasteiger partial charge in [0.25, 0.3) is 0 Å². The summed E-state index contributed by atoms with van der Waals surface area (Å²) in [5.41, 5.74) is 11.0. The second-order valence-electron chi connectivity index (χ2n) is 19.2. The maximum absolute atomic E-state index is 14.8. The van der Waals surface area contributed by atoms with Gasteiger partial charge in [-0.1, -0.05) is 98.2 Å². The van der Waals surface area contributed by atoms with E-state index in [1.165, 1.54) is 17.2 Å². The molecule has 8 heteroatoms. The quantitative estimate of drug-likeness (QED) is 0.155. The van der Waals surface area contributed by atoms with Crippen molar-refractivity contribution in [1.82, 2.24) is 9.55 Å². The second kappa shape index (κ2) is 16.2. The molecule has 63 heavy (non-hydrogen) atoms. The fourth-order valence-electron chi connectivity index (χ4n) is 8.16. The van der Waals surface area contributed by atoms with Crippen molar-refractivity contribution in [2.45, 2.75) is 78.6 Å². The van der Waals surface area contributed by atoms with E-state index in [0.29, 0.717) is 17.1 Å². The number of pyridine rings is 1. The number of ether oxygens (including phenoxy) is 1. The number of hydrogen-bond acceptors (Lipinski definition) is 5. The number of aromatic nitrogens is 2. The van der Waals surface area contributed by atoms with Crippen LogP contribution in [-0.4, -0.2) is 9.55 Å². The van der Waals surface area contributed by atoms with E-state index in [2.05, 4.69) is 144 Å². The SMILES string of the molecule is CC(C)(C)c1cc(N2[CH-]N(c3[c-]c(Oc4[c-]c5c(cc4)c4cc(C#N)ccc4n5-c4cc(C(C)(C)C)ccn4)ccc3)c3cccc(-c4cccc(F)c4)c32)cc(C(C)(C)C)c1.[Pt]. The molecule has 0 saturated carbocycles. The minimum atomic E-state index is -0.287. The molecule has 2 aromatic heterocycles. The van der Waals surface area contributed by atoms with Crippen molar-refractivity contribution in [1.29, 1.82) is 5.26 Å². The van der Waals surface area contributed by atoms with Crippen LogP contribution in [0.5, 0.6) is 11.5 Å². The van der Waals surface area contributed by atoms with Crippen molar-refractivity contribution in [3.63, 3.8) is 0 Å². The van der Waals surface area contributed by atoms with E-state index in [1.54, 1.807) is 12.1 Å². The molecule has 0 aliphatic carbocycles. The van der Waals surface area contributed by atoms with Crippen LogP contribution in [0.1, 0.15) is 84.6 Å². The van der Waals surface area contributed by atoms with Gasteiger partial charge < -0.3 is 19.1 Å². The van der Waals surface area contributed by atoms with E-state index in [9.17, 15) is 9.65 Å². The monoisotopic (exact) mass is 1010 g/mol. The molecule has 1 aliphatic heterocycles. The normalized spacial score (nSPS) is 13.0. The first-order valence-corrected chi connectivity index (χ1v) is 21.0. The van der Waals surface area contributed by atoms with Crippen molar-refractivity contribution in [2.75, 3.05) is 9.80 Å². The van der Waals surface area contributed by atoms with Crippen LogP contribution < -0.4 is 14.5 Å². The smallest absolute Gasteiger partial charge is 0.135 e. The van der Waals surface area contributed by atoms with Crippen LogP contribution in [0.25, 0.3) is 38.8 Å². The molecule has 0 bridgehead atoms. The molecule has 6 aromatic carbocycles. The number of hydrogen-bond donors (Lipinski definition) is 0. The topological polar surface area (TPSA) is 57.3 Å². The average molecular weight is 1010 g/mol. The molecule has 8 aromatic rings. The number of para-hydroxylation sites is 1. The molecule has 0 atom stereocenters. The molecule has 9 rings (SSSR count). The third-order valence-corrected chi connectivity index (χ3v) is 11.7. The Balaban J connectivity index is 0.00000544. The zero-order valence-electron chi connectivity index (χ0n) is 37.0. The third kappa shape index (κ3) is 8.26. The van der Waals surface area contributed by atoms with Crippen LogP contribution in [0.15, 0.2) is 128 Å². The molecule has 0 spiro atoms. The Hall–Kier alpha value is -6.22. The Kier molecular flexibility index (Phi) is 11.1. The minimum Gasteiger partial charge on any atom is -0.509 e. The van der Waals surface area contributed by atoms with E-state index in [1.807, 2.05) is 66.9 Å². The van der Waals surface area contributed by atoms with Crippen LogP contribution in [0, 0.1) is 35.9 Å². The van der Waals surface area contributed by atoms with Gasteiger partial charge >= 0.3 is 0 Å². The van der Waals surface area contributed by atoms with Gasteiger partial charge in [0.05, 0.1) is 11.6 Å². The zero-order chi connectivity index (χ0) is 43.7. The number of anilines is 4. The van der Waals surface area contributed by atoms with Gasteiger partial charge in [0.1, 0.15) is 11.6 Å². The van der Waals surface area contributed by atoms with Crippen molar-refractivity contribution in [3.8, 4) is 34.5 Å². The molecular formula is C55H49FN5OPt-3. The largest absolute Gasteiger partial charge is 0.509 e. The van der Waals surface area contributed by atoms with Crippen molar-refractivity contribution in [3.05, 3.63) is 174 Å². The molecule has 0 fully saturated rings. The van der Waals surface area contributed by atoms with Crippen LogP contribution in [-0.2, 0) is 37.3 Å². The summed E-state index contributed by atoms with van der Waals surface area (Å²) in [4.78, 5) is 9.16. The van der Waals surface area contributed by atoms with Crippen LogP contribution >= 0.6 is 0 Å². The Morgan fingerprint density at radius 1 is 0.667 bits per heavy atom. The van der Waals surface area contributed by atoms with Gasteiger partial charge in [-0.3, -0.25) is 0 Å². The predicted octanol–water partition coefficient (Wildman–Crippen LogP) is 14.5. The van der Waals surface area contributed by atoms with E-state index < -0.39 is 0 Å². The molecule has 1 aliphatic rings. The summed E-state index contributed by atoms with van der Waals surface area (Å²) in [7, 11) is 0. The summed E-state index contributed by atoms with van der Waals surface area (Å²) < 4.78 is 23.5. The van der Waals surface area contributed by atoms with Crippen molar-refractivity contribution < 1.29 is 30.2 Å². The molecule has 0 unspecified atom stereocenters. The molecule has 0 amide bonds. The Labute approximate surface area is 384 Å². The van der Waals surface area contributed by atoms with Gasteiger partial charge in [-0.25, -0.2) is 9.37 Å². The number of rotatable bonds is 6. The predicted molar refractivity (Wildman–Crippen MR) is 250 cm³/mol. The first kappa shape index (κ1) is 43.4. The second-order valence-corrected chi connectivity index (χ2v) is 19.2. The first-order valence-electron chi connectivity index (χ1n) is 21.0. The fraction of sp³-hybridized carbons (Fsp3) is 0.218. The minimum absolute atomic E-state index is 0. The summed E-state index contributed by atoms with van der Waals surface area (Å²) in [6, 6.07) is 48.9. The molecule has 3 heterocycles. The standard InChI is InChI=1S/C55H49FN5O.Pt/c1-53(2,3)37-23-24-58-51(30-37)61-48-22-19-35(33-57)25-47(48)46-21-20-44(32-50(46)61)62-43-16-11-15-41(31-43)59-34-60(42-28-38(54(4,5)6)27-39(29-42)55(7,8)9)52-45(17-12-18-49(52)59)36-13-10-14-40(56)26-36;/h10-30,34H,1-9H3;/q-3;. The van der Waals surface area contributed by atoms with Crippen LogP contribution in [0.4, 0.5) is 27.1 Å². The van der Waals surface area contributed by atoms with Gasteiger partial charge in [0.15, 0.2) is 0 Å². The summed E-state index contributed by atoms with van der Waals surface area (Å²) >= 11 is 0. The Morgan fingerprint density at radius 2 is 1.37 bits per heavy atom. The van der Waals surface area contributed by atoms with E-state index in [4.69, 9.17) is 9.72 Å². The van der Waals surface area contributed by atoms with Crippen molar-refractivity contribution in [2.24, 2.45) is 0 Å². The van der Waals surface area contributed by atoms with Gasteiger partial charge in [-0.15, -0.1) is 48.1 Å². The average Bonchev–Trinajstić information content (AvgIpc) is 3.78. The maximum atomic E-state index is 14.8. The summed E-state index contributed by atoms with van der Waals surface area (Å²) in [5, 5.41) is 11.7. The number of halogens is 1. The van der Waals surface area contributed by atoms with E-state index >= 15 is 0 Å². The summed E-state index contributed by atoms with van der Waals surface area (Å²) in [5.74, 6) is 1.50. The Bertz CT molecular complexity index is 3050. The van der Waals surface area contributed by atoms with Gasteiger partial charge in [0.2, 0.25) is 0 Å².